The van der Waals surface area contributed by atoms with Crippen molar-refractivity contribution in [3.63, 3.8) is 0 Å². The van der Waals surface area contributed by atoms with Crippen molar-refractivity contribution in [3.05, 3.63) is 12.2 Å². The van der Waals surface area contributed by atoms with Crippen LogP contribution in [0.25, 0.3) is 0 Å². The molecule has 10 heavy (non-hydrogen) atoms. The first-order valence-electron chi connectivity index (χ1n) is 3.93. The van der Waals surface area contributed by atoms with Gasteiger partial charge in [-0.15, -0.1) is 0 Å². The molecule has 0 fully saturated rings. The van der Waals surface area contributed by atoms with Gasteiger partial charge in [-0.05, 0) is 18.4 Å². The van der Waals surface area contributed by atoms with Crippen molar-refractivity contribution in [1.82, 2.24) is 0 Å². The molecule has 0 heterocycles. The molecular weight excluding hydrogens is 124 g/mol. The van der Waals surface area contributed by atoms with Gasteiger partial charge in [0.05, 0.1) is 0 Å². The van der Waals surface area contributed by atoms with Crippen molar-refractivity contribution in [2.24, 2.45) is 5.92 Å². The van der Waals surface area contributed by atoms with Crippen LogP contribution >= 0.6 is 0 Å². The zero-order valence-electron chi connectivity index (χ0n) is 6.84. The molecule has 0 saturated carbocycles. The molecule has 0 bridgehead atoms. The third kappa shape index (κ3) is 5.54. The molecular formula is C9H16O. The summed E-state index contributed by atoms with van der Waals surface area (Å²) in [4.78, 5) is 9.90. The number of aldehydes is 1. The second-order valence-electron chi connectivity index (χ2n) is 2.64. The molecule has 0 amide bonds. The van der Waals surface area contributed by atoms with Crippen LogP contribution in [0.5, 0.6) is 0 Å². The molecule has 0 aliphatic rings. The van der Waals surface area contributed by atoms with Crippen LogP contribution in [0.15, 0.2) is 12.2 Å². The highest BCUT2D eigenvalue weighted by atomic mass is 16.1. The highest BCUT2D eigenvalue weighted by molar-refractivity contribution is 5.64. The van der Waals surface area contributed by atoms with Crippen molar-refractivity contribution < 1.29 is 4.79 Å². The Morgan fingerprint density at radius 1 is 1.50 bits per heavy atom. The van der Waals surface area contributed by atoms with Gasteiger partial charge in [0.25, 0.3) is 0 Å². The Hall–Kier alpha value is -0.590. The van der Waals surface area contributed by atoms with Gasteiger partial charge in [-0.2, -0.15) is 0 Å². The minimum absolute atomic E-state index is 0.560. The topological polar surface area (TPSA) is 17.1 Å². The first-order chi connectivity index (χ1) is 4.81. The standard InChI is InChI=1S/C9H16O/c1-3-4-6-9(2)7-5-8-10/h5,7-9H,3-4,6H2,1-2H3/b7-5-/t9-/m0/s1. The molecule has 0 rings (SSSR count). The van der Waals surface area contributed by atoms with Crippen molar-refractivity contribution in [2.45, 2.75) is 33.1 Å². The molecule has 0 saturated heterocycles. The minimum Gasteiger partial charge on any atom is -0.299 e. The molecule has 0 unspecified atom stereocenters. The lowest BCUT2D eigenvalue weighted by molar-refractivity contribution is -0.104. The Morgan fingerprint density at radius 2 is 2.20 bits per heavy atom. The molecule has 0 aliphatic heterocycles. The third-order valence-electron chi connectivity index (χ3n) is 1.53. The maximum Gasteiger partial charge on any atom is 0.142 e. The number of hydrogen-bond donors (Lipinski definition) is 0. The summed E-state index contributed by atoms with van der Waals surface area (Å²) in [6.07, 6.45) is 8.07. The monoisotopic (exact) mass is 140 g/mol. The van der Waals surface area contributed by atoms with Crippen molar-refractivity contribution in [1.29, 1.82) is 0 Å². The number of carbonyl (C=O) groups is 1. The Labute approximate surface area is 63.1 Å². The van der Waals surface area contributed by atoms with E-state index in [1.807, 2.05) is 6.08 Å². The molecule has 58 valence electrons. The third-order valence-corrected chi connectivity index (χ3v) is 1.53. The van der Waals surface area contributed by atoms with Gasteiger partial charge in [0.2, 0.25) is 0 Å². The molecule has 0 radical (unpaired) electrons. The van der Waals surface area contributed by atoms with Crippen molar-refractivity contribution in [3.8, 4) is 0 Å². The van der Waals surface area contributed by atoms with Crippen LogP contribution < -0.4 is 0 Å². The molecule has 0 spiro atoms. The van der Waals surface area contributed by atoms with E-state index in [1.54, 1.807) is 6.08 Å². The smallest absolute Gasteiger partial charge is 0.142 e. The first kappa shape index (κ1) is 9.41. The largest absolute Gasteiger partial charge is 0.299 e. The highest BCUT2D eigenvalue weighted by Crippen LogP contribution is 2.07. The van der Waals surface area contributed by atoms with E-state index < -0.39 is 0 Å². The lowest BCUT2D eigenvalue weighted by Crippen LogP contribution is -1.88. The Morgan fingerprint density at radius 3 is 2.70 bits per heavy atom. The lowest BCUT2D eigenvalue weighted by atomic mass is 10.0. The number of unbranched alkanes of at least 4 members (excludes halogenated alkanes) is 1. The van der Waals surface area contributed by atoms with Gasteiger partial charge >= 0.3 is 0 Å². The zero-order chi connectivity index (χ0) is 7.82. The van der Waals surface area contributed by atoms with Gasteiger partial charge in [0, 0.05) is 0 Å². The Bertz CT molecular complexity index is 105. The van der Waals surface area contributed by atoms with E-state index in [0.717, 1.165) is 6.29 Å². The number of hydrogen-bond acceptors (Lipinski definition) is 1. The summed E-state index contributed by atoms with van der Waals surface area (Å²) in [7, 11) is 0. The normalized spacial score (nSPS) is 13.8. The van der Waals surface area contributed by atoms with Crippen LogP contribution in [0.3, 0.4) is 0 Å². The molecule has 1 nitrogen and oxygen atoms in total. The summed E-state index contributed by atoms with van der Waals surface area (Å²) in [6, 6.07) is 0. The summed E-state index contributed by atoms with van der Waals surface area (Å²) < 4.78 is 0. The summed E-state index contributed by atoms with van der Waals surface area (Å²) in [5, 5.41) is 0. The molecule has 0 N–H and O–H groups in total. The predicted molar refractivity (Wildman–Crippen MR) is 43.9 cm³/mol. The molecule has 0 aromatic heterocycles. The summed E-state index contributed by atoms with van der Waals surface area (Å²) in [6.45, 7) is 4.31. The van der Waals surface area contributed by atoms with Crippen LogP contribution in [0.1, 0.15) is 33.1 Å². The van der Waals surface area contributed by atoms with Gasteiger partial charge in [-0.1, -0.05) is 32.8 Å². The van der Waals surface area contributed by atoms with Gasteiger partial charge < -0.3 is 0 Å². The fourth-order valence-electron chi connectivity index (χ4n) is 0.857. The zero-order valence-corrected chi connectivity index (χ0v) is 6.84. The van der Waals surface area contributed by atoms with Crippen LogP contribution in [-0.2, 0) is 4.79 Å². The number of allylic oxidation sites excluding steroid dienone is 2. The molecule has 0 aromatic rings. The van der Waals surface area contributed by atoms with Gasteiger partial charge in [0.15, 0.2) is 0 Å². The molecule has 1 atom stereocenters. The summed E-state index contributed by atoms with van der Waals surface area (Å²) in [5.74, 6) is 0.560. The summed E-state index contributed by atoms with van der Waals surface area (Å²) >= 11 is 0. The van der Waals surface area contributed by atoms with Gasteiger partial charge in [-0.25, -0.2) is 0 Å². The average Bonchev–Trinajstić information content (AvgIpc) is 1.97. The van der Waals surface area contributed by atoms with E-state index >= 15 is 0 Å². The summed E-state index contributed by atoms with van der Waals surface area (Å²) in [5.41, 5.74) is 0. The molecule has 0 aliphatic carbocycles. The lowest BCUT2D eigenvalue weighted by Gasteiger charge is -2.01. The van der Waals surface area contributed by atoms with E-state index in [4.69, 9.17) is 0 Å². The van der Waals surface area contributed by atoms with Gasteiger partial charge in [0.1, 0.15) is 6.29 Å². The van der Waals surface area contributed by atoms with Gasteiger partial charge in [-0.3, -0.25) is 4.79 Å². The quantitative estimate of drug-likeness (QED) is 0.423. The van der Waals surface area contributed by atoms with Crippen LogP contribution in [0, 0.1) is 5.92 Å². The van der Waals surface area contributed by atoms with Crippen LogP contribution in [0.2, 0.25) is 0 Å². The predicted octanol–water partition coefficient (Wildman–Crippen LogP) is 2.57. The van der Waals surface area contributed by atoms with Crippen LogP contribution in [0.4, 0.5) is 0 Å². The fourth-order valence-corrected chi connectivity index (χ4v) is 0.857. The van der Waals surface area contributed by atoms with E-state index in [-0.39, 0.29) is 0 Å². The number of carbonyl (C=O) groups excluding carboxylic acids is 1. The first-order valence-corrected chi connectivity index (χ1v) is 3.93. The maximum absolute atomic E-state index is 9.90. The van der Waals surface area contributed by atoms with E-state index in [2.05, 4.69) is 13.8 Å². The second kappa shape index (κ2) is 6.53. The Kier molecular flexibility index (Phi) is 6.14. The van der Waals surface area contributed by atoms with Crippen LogP contribution in [-0.4, -0.2) is 6.29 Å². The van der Waals surface area contributed by atoms with E-state index in [9.17, 15) is 4.79 Å². The van der Waals surface area contributed by atoms with E-state index in [1.165, 1.54) is 19.3 Å². The maximum atomic E-state index is 9.90. The molecule has 0 aromatic carbocycles. The highest BCUT2D eigenvalue weighted by Gasteiger charge is 1.93. The van der Waals surface area contributed by atoms with E-state index in [0.29, 0.717) is 5.92 Å². The van der Waals surface area contributed by atoms with Crippen molar-refractivity contribution in [2.75, 3.05) is 0 Å². The second-order valence-corrected chi connectivity index (χ2v) is 2.64. The SMILES string of the molecule is CCCC[C@H](C)/C=C\C=O. The average molecular weight is 140 g/mol. The minimum atomic E-state index is 0.560. The number of rotatable bonds is 5. The van der Waals surface area contributed by atoms with Crippen molar-refractivity contribution >= 4 is 6.29 Å². The Balaban J connectivity index is 3.32. The molecule has 1 heteroatoms. The fraction of sp³-hybridized carbons (Fsp3) is 0.667.